The van der Waals surface area contributed by atoms with Gasteiger partial charge in [-0.25, -0.2) is 4.79 Å². The molecule has 3 nitrogen and oxygen atoms in total. The van der Waals surface area contributed by atoms with Crippen molar-refractivity contribution >= 4 is 11.7 Å². The molecule has 0 amide bonds. The van der Waals surface area contributed by atoms with Crippen LogP contribution in [0.15, 0.2) is 16.8 Å². The average Bonchev–Trinajstić information content (AvgIpc) is 2.38. The van der Waals surface area contributed by atoms with Gasteiger partial charge >= 0.3 is 5.97 Å². The van der Waals surface area contributed by atoms with Gasteiger partial charge in [-0.15, -0.1) is 0 Å². The number of nitrogens with zero attached hydrogens (tertiary/aromatic N) is 1. The zero-order chi connectivity index (χ0) is 12.1. The number of allylic oxidation sites excluding steroid dienone is 2. The van der Waals surface area contributed by atoms with Gasteiger partial charge in [-0.3, -0.25) is 0 Å². The second kappa shape index (κ2) is 5.99. The van der Waals surface area contributed by atoms with Crippen molar-refractivity contribution in [3.05, 3.63) is 11.6 Å². The molecule has 0 heterocycles. The van der Waals surface area contributed by atoms with Gasteiger partial charge in [0.2, 0.25) is 0 Å². The van der Waals surface area contributed by atoms with Crippen LogP contribution in [-0.2, 0) is 9.63 Å². The molecule has 0 aliphatic heterocycles. The van der Waals surface area contributed by atoms with E-state index in [1.54, 1.807) is 0 Å². The van der Waals surface area contributed by atoms with Crippen LogP contribution in [0.3, 0.4) is 0 Å². The molecule has 0 spiro atoms. The van der Waals surface area contributed by atoms with Crippen LogP contribution in [0.5, 0.6) is 0 Å². The van der Waals surface area contributed by atoms with Gasteiger partial charge in [0.25, 0.3) is 0 Å². The Bertz CT molecular complexity index is 344. The van der Waals surface area contributed by atoms with Gasteiger partial charge in [0.15, 0.2) is 0 Å². The van der Waals surface area contributed by atoms with E-state index < -0.39 is 0 Å². The summed E-state index contributed by atoms with van der Waals surface area (Å²) in [4.78, 5) is 15.6. The van der Waals surface area contributed by atoms with Crippen LogP contribution in [0.1, 0.15) is 58.3 Å². The van der Waals surface area contributed by atoms with E-state index in [0.29, 0.717) is 5.92 Å². The van der Waals surface area contributed by atoms with Gasteiger partial charge in [-0.2, -0.15) is 0 Å². The highest BCUT2D eigenvalue weighted by Gasteiger charge is 2.25. The van der Waals surface area contributed by atoms with E-state index in [2.05, 4.69) is 11.2 Å². The fraction of sp³-hybridized carbons (Fsp3) is 0.714. The van der Waals surface area contributed by atoms with E-state index in [1.807, 2.05) is 0 Å². The summed E-state index contributed by atoms with van der Waals surface area (Å²) in [5.74, 6) is 0.128. The first-order valence-electron chi connectivity index (χ1n) is 6.70. The normalized spacial score (nSPS) is 27.7. The standard InChI is InChI=1S/C14H21NO2/c1-11(16)17-15-14-10-6-5-9-13(14)12-7-3-2-4-8-12/h7,13H,2-6,8-10H2,1H3/b15-14-/t13-/m1/s1. The molecule has 17 heavy (non-hydrogen) atoms. The second-order valence-corrected chi connectivity index (χ2v) is 4.99. The Morgan fingerprint density at radius 1 is 1.29 bits per heavy atom. The lowest BCUT2D eigenvalue weighted by molar-refractivity contribution is -0.141. The fourth-order valence-electron chi connectivity index (χ4n) is 2.81. The van der Waals surface area contributed by atoms with Crippen molar-refractivity contribution in [2.45, 2.75) is 58.3 Å². The molecule has 0 aromatic rings. The molecule has 1 fully saturated rings. The molecule has 0 radical (unpaired) electrons. The topological polar surface area (TPSA) is 38.7 Å². The summed E-state index contributed by atoms with van der Waals surface area (Å²) in [5, 5.41) is 4.07. The SMILES string of the molecule is CC(=O)O/N=C1/CCCC[C@@H]1C1=CCCCC1. The molecular weight excluding hydrogens is 214 g/mol. The minimum atomic E-state index is -0.320. The molecular formula is C14H21NO2. The predicted octanol–water partition coefficient (Wildman–Crippen LogP) is 3.60. The Hall–Kier alpha value is -1.12. The molecule has 94 valence electrons. The summed E-state index contributed by atoms with van der Waals surface area (Å²) in [6.07, 6.45) is 12.0. The molecule has 2 aliphatic carbocycles. The van der Waals surface area contributed by atoms with Gasteiger partial charge in [0, 0.05) is 12.8 Å². The first-order chi connectivity index (χ1) is 8.27. The third-order valence-corrected chi connectivity index (χ3v) is 3.64. The Labute approximate surface area is 103 Å². The van der Waals surface area contributed by atoms with Gasteiger partial charge in [0.05, 0.1) is 5.71 Å². The summed E-state index contributed by atoms with van der Waals surface area (Å²) >= 11 is 0. The zero-order valence-electron chi connectivity index (χ0n) is 10.6. The highest BCUT2D eigenvalue weighted by atomic mass is 16.7. The largest absolute Gasteiger partial charge is 0.331 e. The molecule has 0 unspecified atom stereocenters. The molecule has 2 aliphatic rings. The quantitative estimate of drug-likeness (QED) is 0.417. The lowest BCUT2D eigenvalue weighted by atomic mass is 9.78. The summed E-state index contributed by atoms with van der Waals surface area (Å²) in [6, 6.07) is 0. The molecule has 2 rings (SSSR count). The van der Waals surface area contributed by atoms with Crippen LogP contribution in [0, 0.1) is 5.92 Å². The third-order valence-electron chi connectivity index (χ3n) is 3.64. The van der Waals surface area contributed by atoms with Crippen molar-refractivity contribution in [1.29, 1.82) is 0 Å². The van der Waals surface area contributed by atoms with Crippen molar-refractivity contribution in [3.63, 3.8) is 0 Å². The Kier molecular flexibility index (Phi) is 4.35. The van der Waals surface area contributed by atoms with E-state index in [9.17, 15) is 4.79 Å². The average molecular weight is 235 g/mol. The number of hydrogen-bond acceptors (Lipinski definition) is 3. The summed E-state index contributed by atoms with van der Waals surface area (Å²) in [7, 11) is 0. The highest BCUT2D eigenvalue weighted by molar-refractivity contribution is 5.89. The highest BCUT2D eigenvalue weighted by Crippen LogP contribution is 2.33. The maximum atomic E-state index is 10.8. The first-order valence-corrected chi connectivity index (χ1v) is 6.70. The van der Waals surface area contributed by atoms with Crippen LogP contribution in [0.2, 0.25) is 0 Å². The number of oxime groups is 1. The summed E-state index contributed by atoms with van der Waals surface area (Å²) in [5.41, 5.74) is 2.61. The van der Waals surface area contributed by atoms with Gasteiger partial charge in [-0.05, 0) is 44.9 Å². The minimum Gasteiger partial charge on any atom is -0.319 e. The van der Waals surface area contributed by atoms with Crippen LogP contribution >= 0.6 is 0 Å². The van der Waals surface area contributed by atoms with Crippen molar-refractivity contribution in [1.82, 2.24) is 0 Å². The van der Waals surface area contributed by atoms with Crippen LogP contribution < -0.4 is 0 Å². The number of carbonyl (C=O) groups is 1. The monoisotopic (exact) mass is 235 g/mol. The molecule has 0 bridgehead atoms. The predicted molar refractivity (Wildman–Crippen MR) is 67.7 cm³/mol. The lowest BCUT2D eigenvalue weighted by Crippen LogP contribution is -2.23. The van der Waals surface area contributed by atoms with E-state index in [-0.39, 0.29) is 5.97 Å². The molecule has 3 heteroatoms. The van der Waals surface area contributed by atoms with Crippen LogP contribution in [0.25, 0.3) is 0 Å². The van der Waals surface area contributed by atoms with Crippen molar-refractivity contribution in [2.75, 3.05) is 0 Å². The maximum absolute atomic E-state index is 10.8. The van der Waals surface area contributed by atoms with E-state index in [0.717, 1.165) is 12.1 Å². The summed E-state index contributed by atoms with van der Waals surface area (Å²) in [6.45, 7) is 1.40. The van der Waals surface area contributed by atoms with E-state index in [1.165, 1.54) is 57.4 Å². The van der Waals surface area contributed by atoms with Crippen molar-refractivity contribution in [3.8, 4) is 0 Å². The van der Waals surface area contributed by atoms with Crippen molar-refractivity contribution in [2.24, 2.45) is 11.1 Å². The number of hydrogen-bond donors (Lipinski definition) is 0. The molecule has 0 saturated heterocycles. The maximum Gasteiger partial charge on any atom is 0.331 e. The Morgan fingerprint density at radius 2 is 2.12 bits per heavy atom. The van der Waals surface area contributed by atoms with Gasteiger partial charge < -0.3 is 4.84 Å². The van der Waals surface area contributed by atoms with E-state index >= 15 is 0 Å². The molecule has 1 atom stereocenters. The molecule has 0 aromatic carbocycles. The fourth-order valence-corrected chi connectivity index (χ4v) is 2.81. The van der Waals surface area contributed by atoms with Gasteiger partial charge in [0.1, 0.15) is 0 Å². The van der Waals surface area contributed by atoms with E-state index in [4.69, 9.17) is 4.84 Å². The smallest absolute Gasteiger partial charge is 0.319 e. The number of carbonyl (C=O) groups excluding carboxylic acids is 1. The van der Waals surface area contributed by atoms with Crippen LogP contribution in [-0.4, -0.2) is 11.7 Å². The second-order valence-electron chi connectivity index (χ2n) is 4.99. The Morgan fingerprint density at radius 3 is 2.82 bits per heavy atom. The molecule has 1 saturated carbocycles. The van der Waals surface area contributed by atoms with Crippen LogP contribution in [0.4, 0.5) is 0 Å². The third kappa shape index (κ3) is 3.42. The Balaban J connectivity index is 2.08. The molecule has 0 N–H and O–H groups in total. The number of rotatable bonds is 2. The minimum absolute atomic E-state index is 0.320. The van der Waals surface area contributed by atoms with Crippen molar-refractivity contribution < 1.29 is 9.63 Å². The molecule has 0 aromatic heterocycles. The zero-order valence-corrected chi connectivity index (χ0v) is 10.6. The summed E-state index contributed by atoms with van der Waals surface area (Å²) < 4.78 is 0. The first kappa shape index (κ1) is 12.3. The lowest BCUT2D eigenvalue weighted by Gasteiger charge is -2.27. The van der Waals surface area contributed by atoms with Gasteiger partial charge in [-0.1, -0.05) is 23.2 Å².